The Bertz CT molecular complexity index is 1460. The van der Waals surface area contributed by atoms with E-state index in [2.05, 4.69) is 41.3 Å². The van der Waals surface area contributed by atoms with Gasteiger partial charge in [0.1, 0.15) is 5.84 Å². The van der Waals surface area contributed by atoms with Crippen molar-refractivity contribution in [1.29, 1.82) is 0 Å². The van der Waals surface area contributed by atoms with Gasteiger partial charge in [-0.15, -0.1) is 0 Å². The predicted molar refractivity (Wildman–Crippen MR) is 174 cm³/mol. The van der Waals surface area contributed by atoms with Crippen molar-refractivity contribution in [3.8, 4) is 0 Å². The van der Waals surface area contributed by atoms with Gasteiger partial charge in [0.15, 0.2) is 0 Å². The van der Waals surface area contributed by atoms with Gasteiger partial charge >= 0.3 is 6.03 Å². The van der Waals surface area contributed by atoms with Gasteiger partial charge in [-0.3, -0.25) is 14.6 Å². The maximum Gasteiger partial charge on any atom is 0.318 e. The molecule has 1 fully saturated rings. The van der Waals surface area contributed by atoms with Gasteiger partial charge in [0.05, 0.1) is 24.7 Å². The molecule has 5 rings (SSSR count). The molecule has 2 aromatic rings. The average Bonchev–Trinajstić information content (AvgIpc) is 3.54. The van der Waals surface area contributed by atoms with Crippen LogP contribution in [0.2, 0.25) is 0 Å². The van der Waals surface area contributed by atoms with E-state index in [9.17, 15) is 14.4 Å². The zero-order valence-corrected chi connectivity index (χ0v) is 26.1. The van der Waals surface area contributed by atoms with Crippen LogP contribution in [-0.4, -0.2) is 96.8 Å². The first-order valence-corrected chi connectivity index (χ1v) is 15.2. The standard InChI is InChI=1S/C34H43N7O3/c1-6-30(42)36-25-16-14-24(15-17-25)32(43)40-18-10-13-26(20-40)37-31-27-21-41(34(2,3)28(27)19-35-31)33(44)38-29(22-39(4)5)23-11-8-7-9-12-23/h6-9,11-12,14-17,26,29H,1,10,13,18-22H2,2-5H3,(H,35,37)(H,36,42)(H,38,44)/t26?,29-/m1/s1. The number of rotatable bonds is 8. The van der Waals surface area contributed by atoms with E-state index in [4.69, 9.17) is 4.99 Å². The zero-order chi connectivity index (χ0) is 31.4. The summed E-state index contributed by atoms with van der Waals surface area (Å²) in [6, 6.07) is 16.8. The first kappa shape index (κ1) is 31.0. The molecule has 0 bridgehead atoms. The fraction of sp³-hybridized carbons (Fsp3) is 0.412. The Morgan fingerprint density at radius 3 is 2.52 bits per heavy atom. The number of likely N-dealkylation sites (tertiary alicyclic amines) is 1. The van der Waals surface area contributed by atoms with E-state index in [1.165, 1.54) is 6.08 Å². The number of amidine groups is 1. The van der Waals surface area contributed by atoms with Crippen molar-refractivity contribution in [2.75, 3.05) is 52.1 Å². The first-order valence-electron chi connectivity index (χ1n) is 15.2. The van der Waals surface area contributed by atoms with Gasteiger partial charge in [0.25, 0.3) is 5.91 Å². The SMILES string of the molecule is C=CC(=O)Nc1ccc(C(=O)N2CCCC(NC3=NCC4=C3CN(C(=O)N[C@H](CN(C)C)c3ccccc3)C4(C)C)C2)cc1. The van der Waals surface area contributed by atoms with Gasteiger partial charge in [-0.1, -0.05) is 36.9 Å². The van der Waals surface area contributed by atoms with E-state index >= 15 is 0 Å². The number of likely N-dealkylation sites (N-methyl/N-ethyl adjacent to an activating group) is 1. The van der Waals surface area contributed by atoms with Crippen LogP contribution in [0.4, 0.5) is 10.5 Å². The minimum atomic E-state index is -0.475. The van der Waals surface area contributed by atoms with Crippen LogP contribution in [0.1, 0.15) is 48.7 Å². The maximum atomic E-state index is 13.7. The number of aliphatic imine (C=N–C) groups is 1. The summed E-state index contributed by atoms with van der Waals surface area (Å²) in [4.78, 5) is 49.3. The molecule has 2 aromatic carbocycles. The Morgan fingerprint density at radius 2 is 1.84 bits per heavy atom. The van der Waals surface area contributed by atoms with E-state index in [1.54, 1.807) is 24.3 Å². The molecule has 0 radical (unpaired) electrons. The number of urea groups is 1. The number of carbonyl (C=O) groups is 3. The molecule has 1 unspecified atom stereocenters. The van der Waals surface area contributed by atoms with Crippen LogP contribution in [0.25, 0.3) is 0 Å². The van der Waals surface area contributed by atoms with E-state index in [1.807, 2.05) is 54.2 Å². The number of hydrogen-bond acceptors (Lipinski definition) is 6. The second-order valence-corrected chi connectivity index (χ2v) is 12.4. The smallest absolute Gasteiger partial charge is 0.318 e. The highest BCUT2D eigenvalue weighted by Crippen LogP contribution is 2.38. The van der Waals surface area contributed by atoms with Crippen LogP contribution in [0.5, 0.6) is 0 Å². The third-order valence-corrected chi connectivity index (χ3v) is 8.70. The van der Waals surface area contributed by atoms with Crippen molar-refractivity contribution in [3.63, 3.8) is 0 Å². The molecule has 232 valence electrons. The van der Waals surface area contributed by atoms with E-state index in [-0.39, 0.29) is 29.9 Å². The maximum absolute atomic E-state index is 13.7. The molecule has 0 spiro atoms. The molecule has 0 saturated carbocycles. The summed E-state index contributed by atoms with van der Waals surface area (Å²) >= 11 is 0. The van der Waals surface area contributed by atoms with Crippen molar-refractivity contribution >= 4 is 29.4 Å². The number of hydrogen-bond donors (Lipinski definition) is 3. The monoisotopic (exact) mass is 597 g/mol. The van der Waals surface area contributed by atoms with Crippen molar-refractivity contribution in [2.45, 2.75) is 44.3 Å². The number of benzene rings is 2. The van der Waals surface area contributed by atoms with Crippen LogP contribution < -0.4 is 16.0 Å². The van der Waals surface area contributed by atoms with Gasteiger partial charge in [-0.05, 0) is 82.3 Å². The van der Waals surface area contributed by atoms with Crippen molar-refractivity contribution in [3.05, 3.63) is 89.5 Å². The number of piperidine rings is 1. The van der Waals surface area contributed by atoms with E-state index in [0.29, 0.717) is 44.0 Å². The molecule has 44 heavy (non-hydrogen) atoms. The second kappa shape index (κ2) is 13.1. The summed E-state index contributed by atoms with van der Waals surface area (Å²) in [6.07, 6.45) is 3.01. The van der Waals surface area contributed by atoms with Crippen molar-refractivity contribution in [1.82, 2.24) is 25.3 Å². The summed E-state index contributed by atoms with van der Waals surface area (Å²) in [6.45, 7) is 10.6. The minimum absolute atomic E-state index is 0.0399. The molecule has 0 aliphatic carbocycles. The lowest BCUT2D eigenvalue weighted by molar-refractivity contribution is -0.111. The molecule has 3 aliphatic heterocycles. The van der Waals surface area contributed by atoms with Crippen LogP contribution in [0.3, 0.4) is 0 Å². The highest BCUT2D eigenvalue weighted by atomic mass is 16.2. The highest BCUT2D eigenvalue weighted by molar-refractivity contribution is 6.04. The molecule has 3 heterocycles. The minimum Gasteiger partial charge on any atom is -0.366 e. The van der Waals surface area contributed by atoms with Gasteiger partial charge in [0.2, 0.25) is 5.91 Å². The van der Waals surface area contributed by atoms with Gasteiger partial charge in [-0.2, -0.15) is 0 Å². The molecule has 1 saturated heterocycles. The first-order chi connectivity index (χ1) is 21.1. The topological polar surface area (TPSA) is 109 Å². The van der Waals surface area contributed by atoms with Crippen molar-refractivity contribution < 1.29 is 14.4 Å². The molecule has 10 heteroatoms. The lowest BCUT2D eigenvalue weighted by atomic mass is 9.94. The van der Waals surface area contributed by atoms with Crippen molar-refractivity contribution in [2.24, 2.45) is 4.99 Å². The summed E-state index contributed by atoms with van der Waals surface area (Å²) < 4.78 is 0. The van der Waals surface area contributed by atoms with Crippen LogP contribution in [0, 0.1) is 0 Å². The summed E-state index contributed by atoms with van der Waals surface area (Å²) in [7, 11) is 4.02. The van der Waals surface area contributed by atoms with Crippen LogP contribution in [0.15, 0.2) is 83.4 Å². The zero-order valence-electron chi connectivity index (χ0n) is 26.1. The Balaban J connectivity index is 1.21. The molecule has 3 aliphatic rings. The van der Waals surface area contributed by atoms with E-state index < -0.39 is 5.54 Å². The Hall–Kier alpha value is -4.44. The largest absolute Gasteiger partial charge is 0.366 e. The Labute approximate surface area is 259 Å². The normalized spacial score (nSPS) is 19.8. The third kappa shape index (κ3) is 6.70. The number of anilines is 1. The van der Waals surface area contributed by atoms with Crippen LogP contribution in [-0.2, 0) is 4.79 Å². The highest BCUT2D eigenvalue weighted by Gasteiger charge is 2.46. The molecule has 2 atom stereocenters. The molecular weight excluding hydrogens is 554 g/mol. The van der Waals surface area contributed by atoms with E-state index in [0.717, 1.165) is 35.4 Å². The Morgan fingerprint density at radius 1 is 1.11 bits per heavy atom. The summed E-state index contributed by atoms with van der Waals surface area (Å²) in [5.41, 5.74) is 4.03. The lowest BCUT2D eigenvalue weighted by Gasteiger charge is -2.36. The van der Waals surface area contributed by atoms with Gasteiger partial charge in [-0.25, -0.2) is 4.79 Å². The average molecular weight is 598 g/mol. The molecule has 0 aromatic heterocycles. The fourth-order valence-corrected chi connectivity index (χ4v) is 6.26. The molecule has 3 N–H and O–H groups in total. The number of amides is 4. The number of nitrogens with zero attached hydrogens (tertiary/aromatic N) is 4. The quantitative estimate of drug-likeness (QED) is 0.401. The number of nitrogens with one attached hydrogen (secondary N) is 3. The molecule has 10 nitrogen and oxygen atoms in total. The summed E-state index contributed by atoms with van der Waals surface area (Å²) in [5.74, 6) is 0.497. The summed E-state index contributed by atoms with van der Waals surface area (Å²) in [5, 5.41) is 9.62. The molecule has 4 amide bonds. The number of carbonyl (C=O) groups excluding carboxylic acids is 3. The Kier molecular flexibility index (Phi) is 9.20. The third-order valence-electron chi connectivity index (χ3n) is 8.70. The van der Waals surface area contributed by atoms with Gasteiger partial charge in [0, 0.05) is 42.5 Å². The van der Waals surface area contributed by atoms with Crippen LogP contribution >= 0.6 is 0 Å². The molecular formula is C34H43N7O3. The predicted octanol–water partition coefficient (Wildman–Crippen LogP) is 3.82. The second-order valence-electron chi connectivity index (χ2n) is 12.4. The fourth-order valence-electron chi connectivity index (χ4n) is 6.26. The van der Waals surface area contributed by atoms with Gasteiger partial charge < -0.3 is 30.7 Å². The lowest BCUT2D eigenvalue weighted by Crippen LogP contribution is -2.52.